The Morgan fingerprint density at radius 1 is 0.297 bits per heavy atom. The molecule has 11 aromatic carbocycles. The van der Waals surface area contributed by atoms with Crippen molar-refractivity contribution in [2.24, 2.45) is 0 Å². The van der Waals surface area contributed by atoms with Crippen LogP contribution in [0.4, 0.5) is 34.1 Å². The molecule has 0 N–H and O–H groups in total. The van der Waals surface area contributed by atoms with E-state index in [1.54, 1.807) is 0 Å². The Morgan fingerprint density at radius 3 is 1.64 bits per heavy atom. The molecule has 350 valence electrons. The highest BCUT2D eigenvalue weighted by Crippen LogP contribution is 2.54. The summed E-state index contributed by atoms with van der Waals surface area (Å²) in [5, 5.41) is 7.63. The van der Waals surface area contributed by atoms with Crippen LogP contribution in [0.25, 0.3) is 93.9 Å². The molecule has 2 nitrogen and oxygen atoms in total. The smallest absolute Gasteiger partial charge is 0.0661 e. The van der Waals surface area contributed by atoms with E-state index in [-0.39, 0.29) is 5.41 Å². The van der Waals surface area contributed by atoms with Gasteiger partial charge in [-0.05, 0) is 136 Å². The van der Waals surface area contributed by atoms with Crippen molar-refractivity contribution in [2.75, 3.05) is 9.80 Å². The van der Waals surface area contributed by atoms with E-state index < -0.39 is 0 Å². The number of thiophene rings is 3. The molecule has 1 aliphatic rings. The molecule has 15 rings (SSSR count). The second-order valence-corrected chi connectivity index (χ2v) is 23.2. The summed E-state index contributed by atoms with van der Waals surface area (Å²) in [5.74, 6) is 0. The van der Waals surface area contributed by atoms with Gasteiger partial charge in [0.2, 0.25) is 0 Å². The molecule has 74 heavy (non-hydrogen) atoms. The summed E-state index contributed by atoms with van der Waals surface area (Å²) in [6.45, 7) is 4.79. The maximum Gasteiger partial charge on any atom is 0.0661 e. The van der Waals surface area contributed by atoms with Crippen LogP contribution in [0.1, 0.15) is 25.0 Å². The Labute approximate surface area is 441 Å². The lowest BCUT2D eigenvalue weighted by Gasteiger charge is -2.30. The first kappa shape index (κ1) is 43.3. The standard InChI is InChI=1S/C69H46N2S3/c1-69(2)60-25-12-9-20-52(60)56-24-15-23-51(67(56)69)45-30-36-65-57(38-45)59-40-50(70(46-18-7-4-8-19-46)47-31-28-44(29-32-47)43-16-5-3-6-17-43)41-61(68(59)74-65)71(48-34-37-64-58(39-48)54-22-11-14-27-63(54)72-64)49-33-35-55-53-21-10-13-26-62(53)73-66(55)42-49/h3-42H,1-2H3. The largest absolute Gasteiger partial charge is 0.310 e. The highest BCUT2D eigenvalue weighted by atomic mass is 32.1. The molecule has 5 heteroatoms. The molecule has 0 unspecified atom stereocenters. The van der Waals surface area contributed by atoms with E-state index >= 15 is 0 Å². The third kappa shape index (κ3) is 6.81. The Balaban J connectivity index is 1.01. The van der Waals surface area contributed by atoms with Crippen molar-refractivity contribution in [1.29, 1.82) is 0 Å². The second kappa shape index (κ2) is 16.9. The van der Waals surface area contributed by atoms with Gasteiger partial charge in [0, 0.05) is 89.7 Å². The van der Waals surface area contributed by atoms with Gasteiger partial charge in [-0.3, -0.25) is 0 Å². The minimum Gasteiger partial charge on any atom is -0.310 e. The summed E-state index contributed by atoms with van der Waals surface area (Å²) in [5.41, 5.74) is 16.9. The average Bonchev–Trinajstić information content (AvgIpc) is 4.21. The van der Waals surface area contributed by atoms with Gasteiger partial charge >= 0.3 is 0 Å². The first-order chi connectivity index (χ1) is 36.4. The van der Waals surface area contributed by atoms with Gasteiger partial charge in [-0.1, -0.05) is 166 Å². The SMILES string of the molecule is CC1(C)c2ccccc2-c2cccc(-c3ccc4sc5c(N(c6ccc7c(c6)sc6ccccc67)c6ccc7sc8ccccc8c7c6)cc(N(c6ccccc6)c6ccc(-c7ccccc7)cc6)cc5c4c3)c21. The van der Waals surface area contributed by atoms with E-state index in [0.717, 1.165) is 34.1 Å². The zero-order chi connectivity index (χ0) is 49.1. The number of fused-ring (bicyclic) bond motifs is 12. The third-order valence-corrected chi connectivity index (χ3v) is 18.9. The van der Waals surface area contributed by atoms with E-state index in [1.165, 1.54) is 105 Å². The van der Waals surface area contributed by atoms with Gasteiger partial charge in [0.15, 0.2) is 0 Å². The fraction of sp³-hybridized carbons (Fsp3) is 0.0435. The van der Waals surface area contributed by atoms with E-state index in [9.17, 15) is 0 Å². The quantitative estimate of drug-likeness (QED) is 0.150. The van der Waals surface area contributed by atoms with Crippen molar-refractivity contribution >= 4 is 129 Å². The van der Waals surface area contributed by atoms with Crippen LogP contribution in [-0.2, 0) is 5.41 Å². The second-order valence-electron chi connectivity index (χ2n) is 20.0. The maximum absolute atomic E-state index is 2.54. The number of para-hydroxylation sites is 1. The fourth-order valence-electron chi connectivity index (χ4n) is 12.0. The predicted molar refractivity (Wildman–Crippen MR) is 323 cm³/mol. The number of nitrogens with zero attached hydrogens (tertiary/aromatic N) is 2. The summed E-state index contributed by atoms with van der Waals surface area (Å²) in [6, 6.07) is 90.5. The monoisotopic (exact) mass is 998 g/mol. The third-order valence-electron chi connectivity index (χ3n) is 15.4. The molecule has 0 saturated heterocycles. The van der Waals surface area contributed by atoms with Crippen molar-refractivity contribution in [3.63, 3.8) is 0 Å². The number of benzene rings is 11. The van der Waals surface area contributed by atoms with Gasteiger partial charge in [0.25, 0.3) is 0 Å². The van der Waals surface area contributed by atoms with E-state index in [2.05, 4.69) is 266 Å². The maximum atomic E-state index is 2.54. The van der Waals surface area contributed by atoms with E-state index in [4.69, 9.17) is 0 Å². The zero-order valence-electron chi connectivity index (χ0n) is 40.7. The molecule has 0 aliphatic heterocycles. The van der Waals surface area contributed by atoms with Crippen LogP contribution in [0.5, 0.6) is 0 Å². The molecule has 0 radical (unpaired) electrons. The average molecular weight is 999 g/mol. The number of hydrogen-bond donors (Lipinski definition) is 0. The molecule has 3 aromatic heterocycles. The van der Waals surface area contributed by atoms with Gasteiger partial charge in [0.05, 0.1) is 10.4 Å². The van der Waals surface area contributed by atoms with Crippen molar-refractivity contribution in [1.82, 2.24) is 0 Å². The Bertz CT molecular complexity index is 4520. The van der Waals surface area contributed by atoms with Crippen molar-refractivity contribution in [2.45, 2.75) is 19.3 Å². The van der Waals surface area contributed by atoms with Crippen LogP contribution in [-0.4, -0.2) is 0 Å². The minimum absolute atomic E-state index is 0.147. The molecule has 1 aliphatic carbocycles. The van der Waals surface area contributed by atoms with Gasteiger partial charge in [-0.2, -0.15) is 0 Å². The van der Waals surface area contributed by atoms with Crippen LogP contribution < -0.4 is 9.80 Å². The molecule has 0 atom stereocenters. The van der Waals surface area contributed by atoms with Gasteiger partial charge in [0.1, 0.15) is 0 Å². The highest BCUT2D eigenvalue weighted by Gasteiger charge is 2.37. The summed E-state index contributed by atoms with van der Waals surface area (Å²) < 4.78 is 7.66. The van der Waals surface area contributed by atoms with Crippen LogP contribution >= 0.6 is 34.0 Å². The minimum atomic E-state index is -0.147. The van der Waals surface area contributed by atoms with Crippen LogP contribution in [0.2, 0.25) is 0 Å². The van der Waals surface area contributed by atoms with Crippen molar-refractivity contribution in [3.8, 4) is 33.4 Å². The molecule has 0 bridgehead atoms. The van der Waals surface area contributed by atoms with Crippen molar-refractivity contribution in [3.05, 3.63) is 254 Å². The fourth-order valence-corrected chi connectivity index (χ4v) is 15.4. The van der Waals surface area contributed by atoms with Crippen molar-refractivity contribution < 1.29 is 0 Å². The molecule has 0 fully saturated rings. The topological polar surface area (TPSA) is 6.48 Å². The lowest BCUT2D eigenvalue weighted by molar-refractivity contribution is 0.662. The lowest BCUT2D eigenvalue weighted by atomic mass is 9.79. The Kier molecular flexibility index (Phi) is 9.87. The van der Waals surface area contributed by atoms with E-state index in [0.29, 0.717) is 0 Å². The summed E-state index contributed by atoms with van der Waals surface area (Å²) in [6.07, 6.45) is 0. The molecule has 0 saturated carbocycles. The zero-order valence-corrected chi connectivity index (χ0v) is 43.2. The summed E-state index contributed by atoms with van der Waals surface area (Å²) in [4.78, 5) is 4.99. The first-order valence-corrected chi connectivity index (χ1v) is 27.8. The van der Waals surface area contributed by atoms with Crippen LogP contribution in [0, 0.1) is 0 Å². The number of rotatable bonds is 8. The molecule has 14 aromatic rings. The molecular formula is C69H46N2S3. The Hall–Kier alpha value is -8.32. The predicted octanol–water partition coefficient (Wildman–Crippen LogP) is 21.4. The summed E-state index contributed by atoms with van der Waals surface area (Å²) in [7, 11) is 0. The van der Waals surface area contributed by atoms with Gasteiger partial charge in [-0.15, -0.1) is 34.0 Å². The van der Waals surface area contributed by atoms with Crippen LogP contribution in [0.15, 0.2) is 243 Å². The normalized spacial score (nSPS) is 12.8. The first-order valence-electron chi connectivity index (χ1n) is 25.3. The Morgan fingerprint density at radius 2 is 0.824 bits per heavy atom. The molecular weight excluding hydrogens is 953 g/mol. The number of hydrogen-bond acceptors (Lipinski definition) is 5. The number of anilines is 6. The van der Waals surface area contributed by atoms with Crippen LogP contribution in [0.3, 0.4) is 0 Å². The van der Waals surface area contributed by atoms with Gasteiger partial charge in [-0.25, -0.2) is 0 Å². The lowest BCUT2D eigenvalue weighted by Crippen LogP contribution is -2.16. The molecule has 0 amide bonds. The molecule has 3 heterocycles. The molecule has 0 spiro atoms. The highest BCUT2D eigenvalue weighted by molar-refractivity contribution is 7.27. The van der Waals surface area contributed by atoms with E-state index in [1.807, 2.05) is 34.0 Å². The van der Waals surface area contributed by atoms with Gasteiger partial charge < -0.3 is 9.80 Å². The summed E-state index contributed by atoms with van der Waals surface area (Å²) >= 11 is 5.63.